The largest absolute Gasteiger partial charge is 0.417 e. The van der Waals surface area contributed by atoms with Crippen molar-refractivity contribution >= 4 is 40.0 Å². The van der Waals surface area contributed by atoms with E-state index in [4.69, 9.17) is 4.43 Å². The second-order valence-electron chi connectivity index (χ2n) is 10.6. The van der Waals surface area contributed by atoms with Crippen LogP contribution in [0.1, 0.15) is 52.0 Å². The van der Waals surface area contributed by atoms with Crippen LogP contribution in [0.15, 0.2) is 69.5 Å². The number of aryl methyl sites for hydroxylation is 1. The van der Waals surface area contributed by atoms with E-state index < -0.39 is 18.3 Å². The van der Waals surface area contributed by atoms with Crippen LogP contribution in [-0.4, -0.2) is 29.4 Å². The van der Waals surface area contributed by atoms with Gasteiger partial charge >= 0.3 is 0 Å². The Balaban J connectivity index is 1.98. The molecule has 0 N–H and O–H groups in total. The molecule has 0 bridgehead atoms. The molecule has 2 aromatic rings. The van der Waals surface area contributed by atoms with Crippen LogP contribution in [0.25, 0.3) is 0 Å². The maximum Gasteiger partial charge on any atom is 0.264 e. The Morgan fingerprint density at radius 3 is 2.35 bits per heavy atom. The van der Waals surface area contributed by atoms with Crippen LogP contribution in [0.5, 0.6) is 0 Å². The van der Waals surface area contributed by atoms with Crippen molar-refractivity contribution in [3.05, 3.63) is 70.2 Å². The van der Waals surface area contributed by atoms with Gasteiger partial charge in [-0.2, -0.15) is 0 Å². The predicted octanol–water partition coefficient (Wildman–Crippen LogP) is 7.84. The lowest BCUT2D eigenvalue weighted by molar-refractivity contribution is 0.288. The normalized spacial score (nSPS) is 17.4. The number of nitrogens with zero attached hydrogens (tertiary/aromatic N) is 1. The molecular weight excluding hydrogens is 526 g/mol. The number of benzene rings is 2. The Morgan fingerprint density at radius 2 is 1.74 bits per heavy atom. The van der Waals surface area contributed by atoms with Crippen molar-refractivity contribution < 1.29 is 12.8 Å². The minimum atomic E-state index is -3.77. The van der Waals surface area contributed by atoms with E-state index in [0.717, 1.165) is 41.3 Å². The van der Waals surface area contributed by atoms with E-state index >= 15 is 0 Å². The van der Waals surface area contributed by atoms with E-state index in [-0.39, 0.29) is 11.1 Å². The molecular formula is C27H38BrNO3SSi. The van der Waals surface area contributed by atoms with Gasteiger partial charge in [0.2, 0.25) is 0 Å². The minimum absolute atomic E-state index is 0.142. The van der Waals surface area contributed by atoms with Crippen LogP contribution in [0, 0.1) is 6.92 Å². The van der Waals surface area contributed by atoms with Crippen molar-refractivity contribution in [2.45, 2.75) is 82.4 Å². The molecule has 0 aliphatic heterocycles. The molecule has 7 heteroatoms. The molecule has 0 saturated carbocycles. The van der Waals surface area contributed by atoms with Gasteiger partial charge in [-0.05, 0) is 96.5 Å². The molecule has 2 aromatic carbocycles. The highest BCUT2D eigenvalue weighted by molar-refractivity contribution is 9.10. The maximum atomic E-state index is 14.1. The molecule has 1 unspecified atom stereocenters. The summed E-state index contributed by atoms with van der Waals surface area (Å²) in [6.07, 6.45) is 5.69. The van der Waals surface area contributed by atoms with Crippen molar-refractivity contribution in [2.75, 3.05) is 10.9 Å². The predicted molar refractivity (Wildman–Crippen MR) is 148 cm³/mol. The fourth-order valence-corrected chi connectivity index (χ4v) is 7.36. The fourth-order valence-electron chi connectivity index (χ4n) is 4.02. The highest BCUT2D eigenvalue weighted by Gasteiger charge is 2.38. The number of anilines is 1. The number of halogens is 1. The Hall–Kier alpha value is -1.41. The van der Waals surface area contributed by atoms with Crippen molar-refractivity contribution in [2.24, 2.45) is 0 Å². The standard InChI is InChI=1S/C27H38BrNO3SSi/c1-21-15-17-23(18-16-21)33(30,31)29(26-14-10-8-12-24(26)28)25-13-9-7-11-22(25)19-20-32-34(5,6)27(2,3)4/h8,10-12,14-18,25H,7,9,13,19-20H2,1-6H3. The maximum absolute atomic E-state index is 14.1. The first-order valence-electron chi connectivity index (χ1n) is 12.0. The molecule has 1 aliphatic carbocycles. The molecule has 3 rings (SSSR count). The Morgan fingerprint density at radius 1 is 1.09 bits per heavy atom. The van der Waals surface area contributed by atoms with Gasteiger partial charge < -0.3 is 4.43 Å². The van der Waals surface area contributed by atoms with Crippen LogP contribution in [0.4, 0.5) is 5.69 Å². The smallest absolute Gasteiger partial charge is 0.264 e. The number of hydrogen-bond donors (Lipinski definition) is 0. The molecule has 1 aliphatic rings. The SMILES string of the molecule is Cc1ccc(S(=O)(=O)N(c2ccccc2Br)C2CCCC=C2CCO[Si](C)(C)C(C)(C)C)cc1. The number of sulfonamides is 1. The first-order chi connectivity index (χ1) is 15.8. The number of rotatable bonds is 8. The lowest BCUT2D eigenvalue weighted by Gasteiger charge is -2.38. The summed E-state index contributed by atoms with van der Waals surface area (Å²) in [6.45, 7) is 13.8. The summed E-state index contributed by atoms with van der Waals surface area (Å²) in [5, 5.41) is 0.142. The van der Waals surface area contributed by atoms with Crippen LogP contribution in [-0.2, 0) is 14.4 Å². The van der Waals surface area contributed by atoms with Gasteiger partial charge in [-0.15, -0.1) is 0 Å². The molecule has 0 radical (unpaired) electrons. The molecule has 0 amide bonds. The van der Waals surface area contributed by atoms with Crippen LogP contribution < -0.4 is 4.31 Å². The van der Waals surface area contributed by atoms with Gasteiger partial charge in [0.15, 0.2) is 8.32 Å². The fraction of sp³-hybridized carbons (Fsp3) is 0.481. The third kappa shape index (κ3) is 6.04. The zero-order valence-electron chi connectivity index (χ0n) is 21.3. The monoisotopic (exact) mass is 563 g/mol. The highest BCUT2D eigenvalue weighted by atomic mass is 79.9. The van der Waals surface area contributed by atoms with Gasteiger partial charge in [0.05, 0.1) is 16.6 Å². The van der Waals surface area contributed by atoms with Gasteiger partial charge in [-0.3, -0.25) is 4.31 Å². The van der Waals surface area contributed by atoms with Gasteiger partial charge in [0.25, 0.3) is 10.0 Å². The van der Waals surface area contributed by atoms with E-state index in [9.17, 15) is 8.42 Å². The zero-order valence-corrected chi connectivity index (χ0v) is 24.7. The minimum Gasteiger partial charge on any atom is -0.417 e. The van der Waals surface area contributed by atoms with Crippen LogP contribution in [0.3, 0.4) is 0 Å². The Kier molecular flexibility index (Phi) is 8.54. The molecule has 34 heavy (non-hydrogen) atoms. The van der Waals surface area contributed by atoms with Crippen molar-refractivity contribution in [1.29, 1.82) is 0 Å². The van der Waals surface area contributed by atoms with Crippen molar-refractivity contribution in [3.63, 3.8) is 0 Å². The van der Waals surface area contributed by atoms with Crippen LogP contribution >= 0.6 is 15.9 Å². The summed E-state index contributed by atoms with van der Waals surface area (Å²) in [7, 11) is -5.65. The molecule has 186 valence electrons. The first kappa shape index (κ1) is 27.2. The van der Waals surface area contributed by atoms with Crippen molar-refractivity contribution in [1.82, 2.24) is 0 Å². The molecule has 4 nitrogen and oxygen atoms in total. The number of para-hydroxylation sites is 1. The molecule has 0 fully saturated rings. The first-order valence-corrected chi connectivity index (χ1v) is 17.2. The van der Waals surface area contributed by atoms with Gasteiger partial charge in [0, 0.05) is 11.1 Å². The van der Waals surface area contributed by atoms with E-state index in [1.807, 2.05) is 43.3 Å². The van der Waals surface area contributed by atoms with E-state index in [0.29, 0.717) is 17.2 Å². The quantitative estimate of drug-likeness (QED) is 0.242. The summed E-state index contributed by atoms with van der Waals surface area (Å²) in [5.74, 6) is 0. The van der Waals surface area contributed by atoms with Crippen molar-refractivity contribution in [3.8, 4) is 0 Å². The van der Waals surface area contributed by atoms with E-state index in [1.54, 1.807) is 16.4 Å². The molecule has 1 atom stereocenters. The molecule has 0 spiro atoms. The second-order valence-corrected chi connectivity index (χ2v) is 18.1. The summed E-state index contributed by atoms with van der Waals surface area (Å²) < 4.78 is 37.0. The molecule has 0 aromatic heterocycles. The van der Waals surface area contributed by atoms with E-state index in [1.165, 1.54) is 0 Å². The average Bonchev–Trinajstić information content (AvgIpc) is 2.75. The molecule has 0 saturated heterocycles. The van der Waals surface area contributed by atoms with Gasteiger partial charge in [0.1, 0.15) is 0 Å². The summed E-state index contributed by atoms with van der Waals surface area (Å²) in [5.41, 5.74) is 2.86. The van der Waals surface area contributed by atoms with Gasteiger partial charge in [-0.25, -0.2) is 8.42 Å². The third-order valence-electron chi connectivity index (χ3n) is 7.13. The Labute approximate surface area is 215 Å². The highest BCUT2D eigenvalue weighted by Crippen LogP contribution is 2.39. The van der Waals surface area contributed by atoms with Gasteiger partial charge in [-0.1, -0.05) is 56.7 Å². The average molecular weight is 565 g/mol. The Bertz CT molecular complexity index is 1120. The lowest BCUT2D eigenvalue weighted by atomic mass is 9.92. The second kappa shape index (κ2) is 10.7. The van der Waals surface area contributed by atoms with E-state index in [2.05, 4.69) is 55.9 Å². The zero-order chi connectivity index (χ0) is 25.1. The number of allylic oxidation sites excluding steroid dienone is 1. The summed E-state index contributed by atoms with van der Waals surface area (Å²) >= 11 is 3.62. The lowest BCUT2D eigenvalue weighted by Crippen LogP contribution is -2.44. The van der Waals surface area contributed by atoms with Crippen LogP contribution in [0.2, 0.25) is 18.1 Å². The summed E-state index contributed by atoms with van der Waals surface area (Å²) in [4.78, 5) is 0.316. The molecule has 0 heterocycles. The topological polar surface area (TPSA) is 46.6 Å². The number of hydrogen-bond acceptors (Lipinski definition) is 3. The third-order valence-corrected chi connectivity index (χ3v) is 14.2. The summed E-state index contributed by atoms with van der Waals surface area (Å²) in [6, 6.07) is 14.5.